The summed E-state index contributed by atoms with van der Waals surface area (Å²) in [6.07, 6.45) is 5.33. The quantitative estimate of drug-likeness (QED) is 0.535. The minimum atomic E-state index is -5.03. The van der Waals surface area contributed by atoms with Gasteiger partial charge in [0.05, 0.1) is 0 Å². The number of hydrogen-bond donors (Lipinski definition) is 1. The number of rotatable bonds is 3. The van der Waals surface area contributed by atoms with Gasteiger partial charge in [0.2, 0.25) is 0 Å². The fourth-order valence-corrected chi connectivity index (χ4v) is 2.51. The van der Waals surface area contributed by atoms with Crippen molar-refractivity contribution in [2.45, 2.75) is 13.5 Å². The van der Waals surface area contributed by atoms with Crippen molar-refractivity contribution in [2.24, 2.45) is 0 Å². The molecule has 21 heavy (non-hydrogen) atoms. The van der Waals surface area contributed by atoms with Crippen LogP contribution in [0, 0.1) is 19.3 Å². The summed E-state index contributed by atoms with van der Waals surface area (Å²) in [5.74, 6) is 2.36. The van der Waals surface area contributed by atoms with E-state index in [-0.39, 0.29) is 56.9 Å². The molecule has 0 atom stereocenters. The molecular weight excluding hydrogens is 303 g/mol. The topological polar surface area (TPSA) is 15.3 Å². The first-order valence-corrected chi connectivity index (χ1v) is 6.65. The van der Waals surface area contributed by atoms with Crippen molar-refractivity contribution in [3.8, 4) is 12.3 Å². The summed E-state index contributed by atoms with van der Waals surface area (Å²) in [5.41, 5.74) is 0.570. The maximum Gasteiger partial charge on any atom is 1.00 e. The number of hydrogen-bond acceptors (Lipinski definition) is 2. The van der Waals surface area contributed by atoms with Crippen LogP contribution >= 0.6 is 0 Å². The molecule has 0 saturated carbocycles. The molecule has 2 nitrogen and oxygen atoms in total. The van der Waals surface area contributed by atoms with Gasteiger partial charge in [-0.2, -0.15) is 0 Å². The Bertz CT molecular complexity index is 534. The van der Waals surface area contributed by atoms with Crippen LogP contribution in [0.1, 0.15) is 16.7 Å². The predicted molar refractivity (Wildman–Crippen MR) is 76.0 cm³/mol. The number of nitrogens with zero attached hydrogens (tertiary/aromatic N) is 1. The van der Waals surface area contributed by atoms with Gasteiger partial charge >= 0.3 is 58.4 Å². The Hall–Kier alpha value is 0.191. The van der Waals surface area contributed by atoms with Gasteiger partial charge in [0, 0.05) is 38.3 Å². The molecule has 1 N–H and O–H groups in total. The summed E-state index contributed by atoms with van der Waals surface area (Å²) in [6.45, 7) is 0.323. The maximum atomic E-state index is 13.1. The molecule has 0 bridgehead atoms. The molecule has 1 heterocycles. The van der Waals surface area contributed by atoms with Gasteiger partial charge in [-0.05, 0) is 18.6 Å². The van der Waals surface area contributed by atoms with E-state index in [1.165, 1.54) is 13.0 Å². The van der Waals surface area contributed by atoms with Crippen molar-refractivity contribution in [1.82, 2.24) is 10.2 Å². The van der Waals surface area contributed by atoms with Gasteiger partial charge < -0.3 is 18.3 Å². The van der Waals surface area contributed by atoms with E-state index < -0.39 is 12.4 Å². The Morgan fingerprint density at radius 1 is 1.29 bits per heavy atom. The first-order chi connectivity index (χ1) is 9.41. The van der Waals surface area contributed by atoms with Gasteiger partial charge in [0.1, 0.15) is 0 Å². The molecule has 2 rings (SSSR count). The summed E-state index contributed by atoms with van der Waals surface area (Å²) in [7, 11) is 0. The van der Waals surface area contributed by atoms with Gasteiger partial charge in [-0.1, -0.05) is 17.6 Å². The molecular formula is C14H17BF3KN2. The van der Waals surface area contributed by atoms with Crippen LogP contribution in [0.15, 0.2) is 12.1 Å². The van der Waals surface area contributed by atoms with Crippen LogP contribution in [0.3, 0.4) is 0 Å². The monoisotopic (exact) mass is 320 g/mol. The number of terminal acetylenes is 1. The Morgan fingerprint density at radius 2 is 1.90 bits per heavy atom. The van der Waals surface area contributed by atoms with Gasteiger partial charge in [0.15, 0.2) is 0 Å². The van der Waals surface area contributed by atoms with Gasteiger partial charge in [-0.15, -0.1) is 11.9 Å². The van der Waals surface area contributed by atoms with Crippen LogP contribution in [0.25, 0.3) is 0 Å². The molecule has 0 aromatic heterocycles. The minimum Gasteiger partial charge on any atom is -0.445 e. The third-order valence-electron chi connectivity index (χ3n) is 3.63. The van der Waals surface area contributed by atoms with Crippen molar-refractivity contribution in [1.29, 1.82) is 0 Å². The summed E-state index contributed by atoms with van der Waals surface area (Å²) in [5, 5.41) is 3.22. The van der Waals surface area contributed by atoms with Crippen LogP contribution in [0.2, 0.25) is 0 Å². The van der Waals surface area contributed by atoms with E-state index in [9.17, 15) is 12.9 Å². The Balaban J connectivity index is 0.00000220. The van der Waals surface area contributed by atoms with Crippen LogP contribution < -0.4 is 62.2 Å². The summed E-state index contributed by atoms with van der Waals surface area (Å²) < 4.78 is 39.3. The Labute approximate surface area is 166 Å². The SMILES string of the molecule is C#Cc1cc(CN2CCNCC2)cc([B-](F)(F)F)c1C.[K+]. The second-order valence-electron chi connectivity index (χ2n) is 5.10. The fraction of sp³-hybridized carbons (Fsp3) is 0.429. The predicted octanol–water partition coefficient (Wildman–Crippen LogP) is -1.56. The standard InChI is InChI=1S/C14H17BF3N2.K/c1-3-13-8-12(10-20-6-4-19-5-7-20)9-14(11(13)2)15(16,17)18;/h1,8-9,19H,4-7,10H2,2H3;/q-1;+1. The van der Waals surface area contributed by atoms with Crippen molar-refractivity contribution in [3.63, 3.8) is 0 Å². The van der Waals surface area contributed by atoms with Crippen molar-refractivity contribution in [2.75, 3.05) is 26.2 Å². The zero-order chi connectivity index (χ0) is 14.8. The van der Waals surface area contributed by atoms with Crippen LogP contribution in [0.5, 0.6) is 0 Å². The molecule has 1 aliphatic rings. The van der Waals surface area contributed by atoms with E-state index in [1.54, 1.807) is 6.07 Å². The molecule has 0 amide bonds. The third-order valence-corrected chi connectivity index (χ3v) is 3.63. The van der Waals surface area contributed by atoms with Gasteiger partial charge in [-0.3, -0.25) is 4.90 Å². The van der Waals surface area contributed by atoms with Crippen molar-refractivity contribution in [3.05, 3.63) is 28.8 Å². The summed E-state index contributed by atoms with van der Waals surface area (Å²) in [6, 6.07) is 2.95. The van der Waals surface area contributed by atoms with E-state index >= 15 is 0 Å². The molecule has 0 unspecified atom stereocenters. The van der Waals surface area contributed by atoms with Crippen molar-refractivity contribution < 1.29 is 64.3 Å². The van der Waals surface area contributed by atoms with Crippen molar-refractivity contribution >= 4 is 12.4 Å². The summed E-state index contributed by atoms with van der Waals surface area (Å²) >= 11 is 0. The molecule has 1 fully saturated rings. The van der Waals surface area contributed by atoms with E-state index in [1.807, 2.05) is 0 Å². The maximum absolute atomic E-state index is 13.1. The average molecular weight is 320 g/mol. The molecule has 108 valence electrons. The molecule has 7 heteroatoms. The number of benzene rings is 1. The van der Waals surface area contributed by atoms with E-state index in [4.69, 9.17) is 6.42 Å². The van der Waals surface area contributed by atoms with E-state index in [0.717, 1.165) is 26.2 Å². The average Bonchev–Trinajstić information content (AvgIpc) is 2.40. The zero-order valence-corrected chi connectivity index (χ0v) is 15.5. The zero-order valence-electron chi connectivity index (χ0n) is 12.4. The van der Waals surface area contributed by atoms with Crippen LogP contribution in [0.4, 0.5) is 12.9 Å². The molecule has 1 aromatic rings. The molecule has 0 aliphatic carbocycles. The van der Waals surface area contributed by atoms with Crippen LogP contribution in [-0.4, -0.2) is 38.1 Å². The number of nitrogens with one attached hydrogen (secondary N) is 1. The molecule has 1 aliphatic heterocycles. The van der Waals surface area contributed by atoms with E-state index in [0.29, 0.717) is 17.7 Å². The minimum absolute atomic E-state index is 0. The molecule has 0 spiro atoms. The third kappa shape index (κ3) is 5.10. The second kappa shape index (κ2) is 8.16. The first-order valence-electron chi connectivity index (χ1n) is 6.65. The smallest absolute Gasteiger partial charge is 0.445 e. The largest absolute Gasteiger partial charge is 1.00 e. The molecule has 1 aromatic carbocycles. The Morgan fingerprint density at radius 3 is 2.43 bits per heavy atom. The normalized spacial score (nSPS) is 16.1. The Kier molecular flexibility index (Phi) is 7.47. The first kappa shape index (κ1) is 19.2. The van der Waals surface area contributed by atoms with Gasteiger partial charge in [0.25, 0.3) is 0 Å². The number of piperazine rings is 1. The van der Waals surface area contributed by atoms with Crippen LogP contribution in [-0.2, 0) is 6.54 Å². The fourth-order valence-electron chi connectivity index (χ4n) is 2.51. The number of halogens is 3. The molecule has 1 saturated heterocycles. The summed E-state index contributed by atoms with van der Waals surface area (Å²) in [4.78, 5) is 2.13. The van der Waals surface area contributed by atoms with E-state index in [2.05, 4.69) is 16.1 Å². The van der Waals surface area contributed by atoms with Gasteiger partial charge in [-0.25, -0.2) is 0 Å². The molecule has 0 radical (unpaired) electrons. The second-order valence-corrected chi connectivity index (χ2v) is 5.10.